The Morgan fingerprint density at radius 3 is 2.58 bits per heavy atom. The molecule has 0 bridgehead atoms. The molecule has 98 valence electrons. The molecule has 2 fully saturated rings. The average molecular weight is 315 g/mol. The highest BCUT2D eigenvalue weighted by Crippen LogP contribution is 2.60. The molecule has 3 atom stereocenters. The molecule has 0 amide bonds. The summed E-state index contributed by atoms with van der Waals surface area (Å²) < 4.78 is 0. The molecule has 0 nitrogen and oxygen atoms in total. The van der Waals surface area contributed by atoms with E-state index < -0.39 is 0 Å². The molecule has 19 heavy (non-hydrogen) atoms. The van der Waals surface area contributed by atoms with Crippen LogP contribution >= 0.6 is 15.9 Å². The first kappa shape index (κ1) is 12.0. The Hall–Kier alpha value is -0.820. The number of benzene rings is 2. The number of hydrogen-bond acceptors (Lipinski definition) is 0. The van der Waals surface area contributed by atoms with Gasteiger partial charge in [0.1, 0.15) is 0 Å². The van der Waals surface area contributed by atoms with Crippen LogP contribution in [0.5, 0.6) is 0 Å². The molecule has 2 aliphatic rings. The summed E-state index contributed by atoms with van der Waals surface area (Å²) >= 11 is 3.98. The second-order valence-electron chi connectivity index (χ2n) is 6.19. The standard InChI is InChI=1S/C18H19Br/c19-17(18-15-9-4-10-16(15)18)11-13-7-3-6-12-5-1-2-8-14(12)13/h1-3,5-8,15-18H,4,9-11H2. The fraction of sp³-hybridized carbons (Fsp3) is 0.444. The maximum absolute atomic E-state index is 3.98. The van der Waals surface area contributed by atoms with Gasteiger partial charge in [-0.25, -0.2) is 0 Å². The zero-order valence-electron chi connectivity index (χ0n) is 11.1. The van der Waals surface area contributed by atoms with E-state index >= 15 is 0 Å². The Morgan fingerprint density at radius 1 is 1.00 bits per heavy atom. The molecule has 0 radical (unpaired) electrons. The number of hydrogen-bond donors (Lipinski definition) is 0. The summed E-state index contributed by atoms with van der Waals surface area (Å²) in [6, 6.07) is 15.5. The fourth-order valence-electron chi connectivity index (χ4n) is 4.23. The SMILES string of the molecule is BrC(Cc1cccc2ccccc12)C1C2CCCC21. The third-order valence-electron chi connectivity index (χ3n) is 5.19. The lowest BCUT2D eigenvalue weighted by atomic mass is 9.98. The third kappa shape index (κ3) is 2.03. The minimum atomic E-state index is 0.675. The van der Waals surface area contributed by atoms with Gasteiger partial charge in [-0.05, 0) is 53.4 Å². The highest BCUT2D eigenvalue weighted by molar-refractivity contribution is 9.09. The van der Waals surface area contributed by atoms with Crippen LogP contribution in [0.1, 0.15) is 24.8 Å². The van der Waals surface area contributed by atoms with Gasteiger partial charge in [-0.2, -0.15) is 0 Å². The molecule has 2 aromatic carbocycles. The van der Waals surface area contributed by atoms with E-state index in [0.29, 0.717) is 4.83 Å². The van der Waals surface area contributed by atoms with E-state index in [1.165, 1.54) is 42.0 Å². The number of alkyl halides is 1. The fourth-order valence-corrected chi connectivity index (χ4v) is 5.36. The molecule has 0 spiro atoms. The van der Waals surface area contributed by atoms with Gasteiger partial charge in [0.15, 0.2) is 0 Å². The topological polar surface area (TPSA) is 0 Å². The molecular weight excluding hydrogens is 296 g/mol. The zero-order chi connectivity index (χ0) is 12.8. The van der Waals surface area contributed by atoms with Crippen LogP contribution in [0.3, 0.4) is 0 Å². The first-order valence-corrected chi connectivity index (χ1v) is 8.37. The molecule has 3 unspecified atom stereocenters. The van der Waals surface area contributed by atoms with Gasteiger partial charge in [0, 0.05) is 4.83 Å². The van der Waals surface area contributed by atoms with E-state index in [1.807, 2.05) is 0 Å². The molecule has 1 heteroatoms. The molecule has 0 aliphatic heterocycles. The monoisotopic (exact) mass is 314 g/mol. The lowest BCUT2D eigenvalue weighted by molar-refractivity contribution is 0.570. The van der Waals surface area contributed by atoms with Crippen molar-refractivity contribution in [3.05, 3.63) is 48.0 Å². The van der Waals surface area contributed by atoms with Gasteiger partial charge in [0.05, 0.1) is 0 Å². The van der Waals surface area contributed by atoms with Crippen LogP contribution in [0.2, 0.25) is 0 Å². The average Bonchev–Trinajstić information content (AvgIpc) is 2.93. The minimum absolute atomic E-state index is 0.675. The molecule has 2 saturated carbocycles. The molecule has 0 saturated heterocycles. The summed E-state index contributed by atoms with van der Waals surface area (Å²) in [7, 11) is 0. The number of fused-ring (bicyclic) bond motifs is 2. The van der Waals surface area contributed by atoms with Crippen molar-refractivity contribution in [1.82, 2.24) is 0 Å². The Kier molecular flexibility index (Phi) is 2.91. The summed E-state index contributed by atoms with van der Waals surface area (Å²) in [5, 5.41) is 2.80. The lowest BCUT2D eigenvalue weighted by Gasteiger charge is -2.13. The van der Waals surface area contributed by atoms with E-state index in [4.69, 9.17) is 0 Å². The largest absolute Gasteiger partial charge is 0.0884 e. The van der Waals surface area contributed by atoms with Gasteiger partial charge in [-0.15, -0.1) is 0 Å². The Labute approximate surface area is 123 Å². The maximum atomic E-state index is 3.98. The summed E-state index contributed by atoms with van der Waals surface area (Å²) in [5.74, 6) is 3.03. The van der Waals surface area contributed by atoms with E-state index in [1.54, 1.807) is 0 Å². The van der Waals surface area contributed by atoms with Crippen LogP contribution in [0.4, 0.5) is 0 Å². The van der Waals surface area contributed by atoms with Crippen molar-refractivity contribution in [3.8, 4) is 0 Å². The quantitative estimate of drug-likeness (QED) is 0.684. The van der Waals surface area contributed by atoms with Crippen molar-refractivity contribution >= 4 is 26.7 Å². The van der Waals surface area contributed by atoms with Crippen molar-refractivity contribution in [1.29, 1.82) is 0 Å². The highest BCUT2D eigenvalue weighted by Gasteiger charge is 2.54. The van der Waals surface area contributed by atoms with Crippen molar-refractivity contribution in [2.75, 3.05) is 0 Å². The molecular formula is C18H19Br. The Balaban J connectivity index is 1.58. The van der Waals surface area contributed by atoms with Crippen molar-refractivity contribution in [3.63, 3.8) is 0 Å². The van der Waals surface area contributed by atoms with Gasteiger partial charge in [-0.3, -0.25) is 0 Å². The Bertz CT molecular complexity index is 588. The van der Waals surface area contributed by atoms with E-state index in [0.717, 1.165) is 17.8 Å². The predicted molar refractivity (Wildman–Crippen MR) is 84.7 cm³/mol. The summed E-state index contributed by atoms with van der Waals surface area (Å²) in [6.07, 6.45) is 5.61. The smallest absolute Gasteiger partial charge is 0.0220 e. The maximum Gasteiger partial charge on any atom is 0.0220 e. The summed E-state index contributed by atoms with van der Waals surface area (Å²) in [6.45, 7) is 0. The third-order valence-corrected chi connectivity index (χ3v) is 6.12. The van der Waals surface area contributed by atoms with E-state index in [-0.39, 0.29) is 0 Å². The lowest BCUT2D eigenvalue weighted by Crippen LogP contribution is -2.09. The molecule has 4 rings (SSSR count). The van der Waals surface area contributed by atoms with Gasteiger partial charge in [0.2, 0.25) is 0 Å². The van der Waals surface area contributed by atoms with E-state index in [2.05, 4.69) is 58.4 Å². The molecule has 0 heterocycles. The molecule has 0 aromatic heterocycles. The predicted octanol–water partition coefficient (Wildman–Crippen LogP) is 5.19. The minimum Gasteiger partial charge on any atom is -0.0884 e. The number of halogens is 1. The van der Waals surface area contributed by atoms with Crippen molar-refractivity contribution in [2.24, 2.45) is 17.8 Å². The van der Waals surface area contributed by atoms with Crippen LogP contribution in [-0.4, -0.2) is 4.83 Å². The zero-order valence-corrected chi connectivity index (χ0v) is 12.6. The van der Waals surface area contributed by atoms with Crippen LogP contribution in [0, 0.1) is 17.8 Å². The highest BCUT2D eigenvalue weighted by atomic mass is 79.9. The van der Waals surface area contributed by atoms with Crippen molar-refractivity contribution in [2.45, 2.75) is 30.5 Å². The van der Waals surface area contributed by atoms with Gasteiger partial charge < -0.3 is 0 Å². The Morgan fingerprint density at radius 2 is 1.74 bits per heavy atom. The molecule has 2 aliphatic carbocycles. The summed E-state index contributed by atoms with van der Waals surface area (Å²) in [5.41, 5.74) is 1.50. The normalized spacial score (nSPS) is 30.3. The van der Waals surface area contributed by atoms with Crippen LogP contribution < -0.4 is 0 Å². The second kappa shape index (κ2) is 4.63. The first-order chi connectivity index (χ1) is 9.34. The van der Waals surface area contributed by atoms with Crippen LogP contribution in [-0.2, 0) is 6.42 Å². The molecule has 0 N–H and O–H groups in total. The molecule has 2 aromatic rings. The van der Waals surface area contributed by atoms with Gasteiger partial charge in [-0.1, -0.05) is 64.8 Å². The second-order valence-corrected chi connectivity index (χ2v) is 7.37. The summed E-state index contributed by atoms with van der Waals surface area (Å²) in [4.78, 5) is 0.675. The van der Waals surface area contributed by atoms with Gasteiger partial charge in [0.25, 0.3) is 0 Å². The van der Waals surface area contributed by atoms with Crippen molar-refractivity contribution < 1.29 is 0 Å². The first-order valence-electron chi connectivity index (χ1n) is 7.45. The van der Waals surface area contributed by atoms with E-state index in [9.17, 15) is 0 Å². The van der Waals surface area contributed by atoms with Gasteiger partial charge >= 0.3 is 0 Å². The van der Waals surface area contributed by atoms with Crippen LogP contribution in [0.15, 0.2) is 42.5 Å². The van der Waals surface area contributed by atoms with Crippen LogP contribution in [0.25, 0.3) is 10.8 Å². The number of rotatable bonds is 3.